The van der Waals surface area contributed by atoms with Crippen molar-refractivity contribution in [3.05, 3.63) is 66.5 Å². The van der Waals surface area contributed by atoms with E-state index in [9.17, 15) is 0 Å². The van der Waals surface area contributed by atoms with Gasteiger partial charge in [-0.3, -0.25) is 4.98 Å². The van der Waals surface area contributed by atoms with Gasteiger partial charge in [-0.05, 0) is 30.5 Å². The number of fused-ring (bicyclic) bond motifs is 1. The average molecular weight is 277 g/mol. The summed E-state index contributed by atoms with van der Waals surface area (Å²) in [7, 11) is 0. The van der Waals surface area contributed by atoms with Crippen molar-refractivity contribution in [1.29, 1.82) is 0 Å². The van der Waals surface area contributed by atoms with Crippen molar-refractivity contribution >= 4 is 22.1 Å². The minimum Gasteiger partial charge on any atom is -0.397 e. The molecule has 21 heavy (non-hydrogen) atoms. The largest absolute Gasteiger partial charge is 0.397 e. The fourth-order valence-electron chi connectivity index (χ4n) is 2.51. The van der Waals surface area contributed by atoms with Gasteiger partial charge in [-0.25, -0.2) is 0 Å². The minimum atomic E-state index is 0.801. The number of anilines is 2. The van der Waals surface area contributed by atoms with E-state index in [-0.39, 0.29) is 0 Å². The number of aryl methyl sites for hydroxylation is 1. The quantitative estimate of drug-likeness (QED) is 0.550. The van der Waals surface area contributed by atoms with Crippen molar-refractivity contribution < 1.29 is 0 Å². The molecule has 0 fully saturated rings. The summed E-state index contributed by atoms with van der Waals surface area (Å²) in [6, 6.07) is 16.6. The fourth-order valence-corrected chi connectivity index (χ4v) is 2.51. The van der Waals surface area contributed by atoms with E-state index >= 15 is 0 Å². The Kier molecular flexibility index (Phi) is 4.01. The molecule has 1 aromatic heterocycles. The monoisotopic (exact) mass is 277 g/mol. The van der Waals surface area contributed by atoms with E-state index < -0.39 is 0 Å². The first kappa shape index (κ1) is 13.4. The van der Waals surface area contributed by atoms with Crippen LogP contribution in [-0.4, -0.2) is 11.5 Å². The summed E-state index contributed by atoms with van der Waals surface area (Å²) in [4.78, 5) is 4.12. The molecule has 106 valence electrons. The molecule has 3 rings (SSSR count). The fraction of sp³-hybridized carbons (Fsp3) is 0.167. The van der Waals surface area contributed by atoms with Gasteiger partial charge in [0.05, 0.1) is 11.4 Å². The summed E-state index contributed by atoms with van der Waals surface area (Å²) < 4.78 is 0. The third kappa shape index (κ3) is 3.14. The molecule has 2 aromatic carbocycles. The highest BCUT2D eigenvalue weighted by Gasteiger charge is 2.03. The molecule has 0 aliphatic carbocycles. The third-order valence-corrected chi connectivity index (χ3v) is 3.66. The molecule has 3 aromatic rings. The summed E-state index contributed by atoms with van der Waals surface area (Å²) in [5.41, 5.74) is 9.40. The lowest BCUT2D eigenvalue weighted by Crippen LogP contribution is -2.05. The number of nitrogen functional groups attached to an aromatic ring is 1. The van der Waals surface area contributed by atoms with Gasteiger partial charge in [-0.1, -0.05) is 36.4 Å². The van der Waals surface area contributed by atoms with Crippen LogP contribution in [0, 0.1) is 0 Å². The zero-order chi connectivity index (χ0) is 14.5. The van der Waals surface area contributed by atoms with Crippen LogP contribution in [0.25, 0.3) is 10.8 Å². The maximum Gasteiger partial charge on any atom is 0.0630 e. The van der Waals surface area contributed by atoms with Crippen LogP contribution in [0.1, 0.15) is 12.0 Å². The van der Waals surface area contributed by atoms with Crippen molar-refractivity contribution in [1.82, 2.24) is 4.98 Å². The van der Waals surface area contributed by atoms with E-state index in [4.69, 9.17) is 5.73 Å². The van der Waals surface area contributed by atoms with Crippen LogP contribution in [0.3, 0.4) is 0 Å². The van der Waals surface area contributed by atoms with Gasteiger partial charge in [0.2, 0.25) is 0 Å². The number of nitrogens with two attached hydrogens (primary N) is 1. The van der Waals surface area contributed by atoms with Crippen molar-refractivity contribution in [2.75, 3.05) is 17.6 Å². The molecule has 1 heterocycles. The Bertz CT molecular complexity index is 723. The van der Waals surface area contributed by atoms with Crippen LogP contribution < -0.4 is 11.1 Å². The molecular formula is C18H19N3. The zero-order valence-electron chi connectivity index (χ0n) is 11.9. The van der Waals surface area contributed by atoms with Crippen molar-refractivity contribution in [2.24, 2.45) is 0 Å². The van der Waals surface area contributed by atoms with E-state index in [1.165, 1.54) is 5.56 Å². The molecule has 0 spiro atoms. The third-order valence-electron chi connectivity index (χ3n) is 3.66. The Morgan fingerprint density at radius 1 is 1.00 bits per heavy atom. The number of nitrogens with zero attached hydrogens (tertiary/aromatic N) is 1. The molecule has 0 atom stereocenters. The van der Waals surface area contributed by atoms with Crippen molar-refractivity contribution in [3.63, 3.8) is 0 Å². The van der Waals surface area contributed by atoms with Crippen molar-refractivity contribution in [3.8, 4) is 0 Å². The molecule has 0 amide bonds. The van der Waals surface area contributed by atoms with E-state index in [0.29, 0.717) is 0 Å². The van der Waals surface area contributed by atoms with Gasteiger partial charge >= 0.3 is 0 Å². The molecule has 3 N–H and O–H groups in total. The Labute approximate surface area is 124 Å². The number of rotatable bonds is 5. The lowest BCUT2D eigenvalue weighted by Gasteiger charge is -2.11. The highest BCUT2D eigenvalue weighted by Crippen LogP contribution is 2.27. The molecule has 0 saturated heterocycles. The molecule has 3 heteroatoms. The van der Waals surface area contributed by atoms with Crippen LogP contribution >= 0.6 is 0 Å². The lowest BCUT2D eigenvalue weighted by atomic mass is 10.1. The first-order valence-electron chi connectivity index (χ1n) is 7.24. The smallest absolute Gasteiger partial charge is 0.0630 e. The summed E-state index contributed by atoms with van der Waals surface area (Å²) in [5.74, 6) is 0. The number of nitrogens with one attached hydrogen (secondary N) is 1. The van der Waals surface area contributed by atoms with Gasteiger partial charge in [0, 0.05) is 29.7 Å². The molecule has 3 nitrogen and oxygen atoms in total. The SMILES string of the molecule is Nc1c(NCCCc2ccccc2)ccc2cnccc12. The second-order valence-corrected chi connectivity index (χ2v) is 5.14. The van der Waals surface area contributed by atoms with Gasteiger partial charge in [0.15, 0.2) is 0 Å². The summed E-state index contributed by atoms with van der Waals surface area (Å²) >= 11 is 0. The molecule has 0 unspecified atom stereocenters. The van der Waals surface area contributed by atoms with Crippen LogP contribution in [-0.2, 0) is 6.42 Å². The Morgan fingerprint density at radius 2 is 1.86 bits per heavy atom. The van der Waals surface area contributed by atoms with Crippen LogP contribution in [0.4, 0.5) is 11.4 Å². The van der Waals surface area contributed by atoms with Crippen molar-refractivity contribution in [2.45, 2.75) is 12.8 Å². The first-order chi connectivity index (χ1) is 10.3. The highest BCUT2D eigenvalue weighted by molar-refractivity contribution is 5.98. The van der Waals surface area contributed by atoms with E-state index in [0.717, 1.165) is 41.5 Å². The predicted octanol–water partition coefficient (Wildman–Crippen LogP) is 3.86. The van der Waals surface area contributed by atoms with Gasteiger partial charge in [-0.2, -0.15) is 0 Å². The molecule has 0 aliphatic heterocycles. The standard InChI is InChI=1S/C18H19N3/c19-18-16-10-12-20-13-15(16)8-9-17(18)21-11-4-7-14-5-2-1-3-6-14/h1-3,5-6,8-10,12-13,21H,4,7,11,19H2. The number of pyridine rings is 1. The Balaban J connectivity index is 1.62. The van der Waals surface area contributed by atoms with E-state index in [2.05, 4.69) is 40.6 Å². The van der Waals surface area contributed by atoms with Gasteiger partial charge in [0.25, 0.3) is 0 Å². The van der Waals surface area contributed by atoms with Crippen LogP contribution in [0.2, 0.25) is 0 Å². The number of hydrogen-bond donors (Lipinski definition) is 2. The number of hydrogen-bond acceptors (Lipinski definition) is 3. The van der Waals surface area contributed by atoms with Crippen LogP contribution in [0.5, 0.6) is 0 Å². The molecule has 0 radical (unpaired) electrons. The normalized spacial score (nSPS) is 10.7. The second kappa shape index (κ2) is 6.27. The molecular weight excluding hydrogens is 258 g/mol. The van der Waals surface area contributed by atoms with Gasteiger partial charge < -0.3 is 11.1 Å². The predicted molar refractivity (Wildman–Crippen MR) is 89.4 cm³/mol. The Morgan fingerprint density at radius 3 is 2.71 bits per heavy atom. The lowest BCUT2D eigenvalue weighted by molar-refractivity contribution is 0.863. The van der Waals surface area contributed by atoms with Gasteiger partial charge in [-0.15, -0.1) is 0 Å². The highest BCUT2D eigenvalue weighted by atomic mass is 14.9. The topological polar surface area (TPSA) is 50.9 Å². The Hall–Kier alpha value is -2.55. The maximum atomic E-state index is 6.22. The van der Waals surface area contributed by atoms with E-state index in [1.807, 2.05) is 24.4 Å². The second-order valence-electron chi connectivity index (χ2n) is 5.14. The van der Waals surface area contributed by atoms with Gasteiger partial charge in [0.1, 0.15) is 0 Å². The average Bonchev–Trinajstić information content (AvgIpc) is 2.55. The summed E-state index contributed by atoms with van der Waals surface area (Å²) in [5, 5.41) is 5.56. The zero-order valence-corrected chi connectivity index (χ0v) is 11.9. The van der Waals surface area contributed by atoms with Crippen LogP contribution in [0.15, 0.2) is 60.9 Å². The molecule has 0 saturated carbocycles. The maximum absolute atomic E-state index is 6.22. The first-order valence-corrected chi connectivity index (χ1v) is 7.24. The number of aromatic nitrogens is 1. The summed E-state index contributed by atoms with van der Waals surface area (Å²) in [6.07, 6.45) is 5.77. The number of benzene rings is 2. The molecule has 0 aliphatic rings. The molecule has 0 bridgehead atoms. The summed E-state index contributed by atoms with van der Waals surface area (Å²) in [6.45, 7) is 0.912. The van der Waals surface area contributed by atoms with E-state index in [1.54, 1.807) is 6.20 Å². The minimum absolute atomic E-state index is 0.801.